The average Bonchev–Trinajstić information content (AvgIpc) is 2.62. The fourth-order valence-electron chi connectivity index (χ4n) is 3.43. The first-order chi connectivity index (χ1) is 15.3. The minimum Gasteiger partial charge on any atom is -0.254 e. The van der Waals surface area contributed by atoms with Crippen LogP contribution in [0.15, 0.2) is 18.1 Å². The smallest absolute Gasteiger partial charge is 0.220 e. The third-order valence-electron chi connectivity index (χ3n) is 5.10. The first-order valence-corrected chi connectivity index (χ1v) is 17.9. The van der Waals surface area contributed by atoms with Crippen LogP contribution < -0.4 is 10.2 Å². The van der Waals surface area contributed by atoms with Crippen molar-refractivity contribution in [3.63, 3.8) is 0 Å². The lowest BCUT2D eigenvalue weighted by Crippen LogP contribution is -2.37. The average molecular weight is 561 g/mol. The third kappa shape index (κ3) is 6.53. The molecule has 12 nitrogen and oxygen atoms in total. The van der Waals surface area contributed by atoms with E-state index in [1.54, 1.807) is 0 Å². The van der Waals surface area contributed by atoms with E-state index < -0.39 is 30.0 Å². The summed E-state index contributed by atoms with van der Waals surface area (Å²) in [6, 6.07) is 0. The quantitative estimate of drug-likeness (QED) is 0.374. The maximum atomic E-state index is 5.73. The molecule has 0 unspecified atom stereocenters. The second-order valence-corrected chi connectivity index (χ2v) is 23.1. The molecule has 0 saturated carbocycles. The number of nitrogens with zero attached hydrogens (tertiary/aromatic N) is 10. The summed E-state index contributed by atoms with van der Waals surface area (Å²) in [7, 11) is 14.4. The van der Waals surface area contributed by atoms with Crippen LogP contribution in [0.2, 0.25) is 0 Å². The highest BCUT2D eigenvalue weighted by Gasteiger charge is 2.44. The second-order valence-electron chi connectivity index (χ2n) is 10.5. The summed E-state index contributed by atoms with van der Waals surface area (Å²) in [6.07, 6.45) is 0. The maximum absolute atomic E-state index is 5.73. The number of nitrogens with one attached hydrogen (secondary N) is 2. The van der Waals surface area contributed by atoms with E-state index in [0.717, 1.165) is 6.54 Å². The minimum absolute atomic E-state index is 0.220. The molecule has 204 valence electrons. The second kappa shape index (κ2) is 11.6. The standard InChI is InChI=1S/C18H52N12P4/c1-17-19-31(25(5)6)21-33(27(9)10,28(11)12)23-32(26(7)8,20-18(2,3)4)24-34(22-31,29(13)14)30(15)16/h19-20H,17H2,1-16H3/t31-,32-. The molecule has 1 heterocycles. The van der Waals surface area contributed by atoms with Crippen LogP contribution in [-0.4, -0.2) is 125 Å². The SMILES string of the molecule is CCN[P@]1(N(C)C)=NP(N(C)C)(N(C)C)=N[P@](NC(C)(C)C)(N(C)C)=NP(N(C)C)(N(C)C)=N1. The topological polar surface area (TPSA) is 92.9 Å². The summed E-state index contributed by atoms with van der Waals surface area (Å²) in [6.45, 7) is 9.36. The Kier molecular flexibility index (Phi) is 11.1. The Hall–Kier alpha value is 0.600. The lowest BCUT2D eigenvalue weighted by Gasteiger charge is -2.46. The van der Waals surface area contributed by atoms with E-state index >= 15 is 0 Å². The fraction of sp³-hybridized carbons (Fsp3) is 1.00. The first-order valence-electron chi connectivity index (χ1n) is 11.4. The predicted molar refractivity (Wildman–Crippen MR) is 156 cm³/mol. The van der Waals surface area contributed by atoms with Gasteiger partial charge in [0.05, 0.1) is 0 Å². The molecule has 0 aromatic heterocycles. The summed E-state index contributed by atoms with van der Waals surface area (Å²) in [4.78, 5) is 0. The summed E-state index contributed by atoms with van der Waals surface area (Å²) < 4.78 is 35.9. The summed E-state index contributed by atoms with van der Waals surface area (Å²) >= 11 is 0. The van der Waals surface area contributed by atoms with Crippen molar-refractivity contribution >= 4 is 30.0 Å². The van der Waals surface area contributed by atoms with Gasteiger partial charge in [0.15, 0.2) is 0 Å². The predicted octanol–water partition coefficient (Wildman–Crippen LogP) is 5.15. The molecule has 2 atom stereocenters. The van der Waals surface area contributed by atoms with Crippen LogP contribution in [0.3, 0.4) is 0 Å². The van der Waals surface area contributed by atoms with Crippen LogP contribution in [0.25, 0.3) is 0 Å². The molecule has 0 fully saturated rings. The van der Waals surface area contributed by atoms with E-state index in [9.17, 15) is 0 Å². The molecule has 0 aliphatic carbocycles. The normalized spacial score (nSPS) is 27.5. The summed E-state index contributed by atoms with van der Waals surface area (Å²) in [5.74, 6) is 0. The van der Waals surface area contributed by atoms with Gasteiger partial charge in [0.2, 0.25) is 30.0 Å². The van der Waals surface area contributed by atoms with Gasteiger partial charge in [-0.2, -0.15) is 18.1 Å². The zero-order valence-corrected chi connectivity index (χ0v) is 28.0. The fourth-order valence-corrected chi connectivity index (χ4v) is 22.4. The molecule has 0 amide bonds. The zero-order valence-electron chi connectivity index (χ0n) is 24.5. The highest BCUT2D eigenvalue weighted by molar-refractivity contribution is 7.83. The van der Waals surface area contributed by atoms with Gasteiger partial charge in [-0.25, -0.2) is 33.1 Å². The molecule has 1 aliphatic rings. The van der Waals surface area contributed by atoms with Crippen molar-refractivity contribution in [3.8, 4) is 0 Å². The van der Waals surface area contributed by atoms with Gasteiger partial charge < -0.3 is 0 Å². The molecule has 0 radical (unpaired) electrons. The Morgan fingerprint density at radius 1 is 0.529 bits per heavy atom. The molecule has 1 rings (SSSR count). The van der Waals surface area contributed by atoms with Crippen molar-refractivity contribution in [2.45, 2.75) is 33.2 Å². The highest BCUT2D eigenvalue weighted by Crippen LogP contribution is 2.79. The molecule has 34 heavy (non-hydrogen) atoms. The molecule has 0 aromatic rings. The van der Waals surface area contributed by atoms with E-state index in [2.05, 4.69) is 150 Å². The van der Waals surface area contributed by atoms with Gasteiger partial charge in [-0.05, 0) is 105 Å². The lowest BCUT2D eigenvalue weighted by molar-refractivity contribution is 0.501. The van der Waals surface area contributed by atoms with Gasteiger partial charge in [-0.15, -0.1) is 0 Å². The van der Waals surface area contributed by atoms with Crippen LogP contribution in [0.5, 0.6) is 0 Å². The van der Waals surface area contributed by atoms with E-state index in [-0.39, 0.29) is 5.54 Å². The van der Waals surface area contributed by atoms with Gasteiger partial charge in [0.25, 0.3) is 0 Å². The van der Waals surface area contributed by atoms with Crippen molar-refractivity contribution < 1.29 is 0 Å². The van der Waals surface area contributed by atoms with Crippen molar-refractivity contribution in [2.75, 3.05) is 91.1 Å². The van der Waals surface area contributed by atoms with Crippen LogP contribution in [0.1, 0.15) is 27.7 Å². The van der Waals surface area contributed by atoms with Crippen molar-refractivity contribution in [1.82, 2.24) is 38.2 Å². The van der Waals surface area contributed by atoms with Crippen LogP contribution in [-0.2, 0) is 0 Å². The van der Waals surface area contributed by atoms with Crippen LogP contribution in [0.4, 0.5) is 0 Å². The molecule has 2 N–H and O–H groups in total. The van der Waals surface area contributed by atoms with Crippen LogP contribution >= 0.6 is 30.0 Å². The van der Waals surface area contributed by atoms with Gasteiger partial charge in [-0.1, -0.05) is 6.92 Å². The van der Waals surface area contributed by atoms with Crippen molar-refractivity contribution in [3.05, 3.63) is 0 Å². The highest BCUT2D eigenvalue weighted by atomic mass is 31.3. The van der Waals surface area contributed by atoms with Gasteiger partial charge in [-0.3, -0.25) is 5.09 Å². The Morgan fingerprint density at radius 3 is 1.12 bits per heavy atom. The minimum atomic E-state index is -2.67. The van der Waals surface area contributed by atoms with Crippen molar-refractivity contribution in [2.24, 2.45) is 18.1 Å². The Bertz CT molecular complexity index is 890. The molecular formula is C18H52N12P4. The molecule has 0 bridgehead atoms. The Morgan fingerprint density at radius 2 is 0.853 bits per heavy atom. The number of hydrogen-bond acceptors (Lipinski definition) is 12. The molecule has 0 saturated heterocycles. The first kappa shape index (κ1) is 32.6. The van der Waals surface area contributed by atoms with E-state index in [1.165, 1.54) is 0 Å². The largest absolute Gasteiger partial charge is 0.254 e. The Balaban J connectivity index is 4.69. The van der Waals surface area contributed by atoms with Gasteiger partial charge >= 0.3 is 0 Å². The summed E-state index contributed by atoms with van der Waals surface area (Å²) in [5, 5.41) is 7.58. The molecule has 16 heteroatoms. The zero-order chi connectivity index (χ0) is 26.9. The number of hydrogen-bond donors (Lipinski definition) is 2. The van der Waals surface area contributed by atoms with Gasteiger partial charge in [0, 0.05) is 12.1 Å². The summed E-state index contributed by atoms with van der Waals surface area (Å²) in [5.41, 5.74) is -0.220. The maximum Gasteiger partial charge on any atom is 0.220 e. The molecule has 0 spiro atoms. The third-order valence-corrected chi connectivity index (χ3v) is 21.2. The lowest BCUT2D eigenvalue weighted by atomic mass is 10.1. The van der Waals surface area contributed by atoms with Crippen LogP contribution in [0, 0.1) is 0 Å². The molecule has 0 aromatic carbocycles. The van der Waals surface area contributed by atoms with E-state index in [1.807, 2.05) is 0 Å². The van der Waals surface area contributed by atoms with E-state index in [4.69, 9.17) is 18.1 Å². The Labute approximate surface area is 210 Å². The van der Waals surface area contributed by atoms with Gasteiger partial charge in [0.1, 0.15) is 0 Å². The molecular weight excluding hydrogens is 508 g/mol. The number of rotatable bonds is 9. The van der Waals surface area contributed by atoms with E-state index in [0.29, 0.717) is 0 Å². The monoisotopic (exact) mass is 560 g/mol. The molecule has 1 aliphatic heterocycles. The van der Waals surface area contributed by atoms with Crippen molar-refractivity contribution in [1.29, 1.82) is 0 Å².